The van der Waals surface area contributed by atoms with Crippen molar-refractivity contribution in [1.82, 2.24) is 4.90 Å². The van der Waals surface area contributed by atoms with E-state index in [9.17, 15) is 14.7 Å². The minimum absolute atomic E-state index is 0.165. The summed E-state index contributed by atoms with van der Waals surface area (Å²) in [5.74, 6) is -1.08. The highest BCUT2D eigenvalue weighted by atomic mass is 16.5. The van der Waals surface area contributed by atoms with Crippen LogP contribution < -0.4 is 0 Å². The molecule has 0 radical (unpaired) electrons. The fourth-order valence-electron chi connectivity index (χ4n) is 3.30. The number of methoxy groups -OCH3 is 1. The average Bonchev–Trinajstić information content (AvgIpc) is 2.64. The van der Waals surface area contributed by atoms with Gasteiger partial charge < -0.3 is 19.5 Å². The number of aldehydes is 1. The van der Waals surface area contributed by atoms with E-state index in [1.807, 2.05) is 75.3 Å². The number of carbonyl (C=O) groups excluding carboxylic acids is 1. The summed E-state index contributed by atoms with van der Waals surface area (Å²) in [4.78, 5) is 25.6. The number of rotatable bonds is 11. The van der Waals surface area contributed by atoms with E-state index in [1.54, 1.807) is 13.2 Å². The lowest BCUT2D eigenvalue weighted by atomic mass is 9.71. The average molecular weight is 400 g/mol. The molecule has 0 aliphatic carbocycles. The fourth-order valence-corrected chi connectivity index (χ4v) is 3.30. The van der Waals surface area contributed by atoms with Crippen LogP contribution in [0.3, 0.4) is 0 Å². The summed E-state index contributed by atoms with van der Waals surface area (Å²) in [5.41, 5.74) is 1.01. The van der Waals surface area contributed by atoms with Crippen molar-refractivity contribution in [3.8, 4) is 0 Å². The van der Waals surface area contributed by atoms with Gasteiger partial charge in [-0.1, -0.05) is 63.8 Å². The smallest absolute Gasteiger partial charge is 0.317 e. The molecule has 1 rings (SSSR count). The van der Waals surface area contributed by atoms with Gasteiger partial charge in [0.15, 0.2) is 0 Å². The molecule has 1 aromatic rings. The normalized spacial score (nSPS) is 14.4. The minimum atomic E-state index is -1.43. The highest BCUT2D eigenvalue weighted by molar-refractivity contribution is 5.92. The third kappa shape index (κ3) is 7.70. The second kappa shape index (κ2) is 10.8. The van der Waals surface area contributed by atoms with E-state index in [1.165, 1.54) is 0 Å². The molecule has 1 atom stereocenters. The Hall–Kier alpha value is -2.66. The number of allylic oxidation sites excluding steroid dienone is 4. The molecule has 1 aromatic carbocycles. The van der Waals surface area contributed by atoms with E-state index in [4.69, 9.17) is 4.74 Å². The Labute approximate surface area is 174 Å². The fraction of sp³-hybridized carbons (Fsp3) is 0.417. The lowest BCUT2D eigenvalue weighted by molar-refractivity contribution is -0.153. The molecule has 0 aliphatic heterocycles. The number of hydrogen-bond acceptors (Lipinski definition) is 4. The first-order chi connectivity index (χ1) is 13.6. The van der Waals surface area contributed by atoms with Crippen LogP contribution >= 0.6 is 0 Å². The molecule has 0 saturated heterocycles. The van der Waals surface area contributed by atoms with E-state index in [-0.39, 0.29) is 18.3 Å². The Morgan fingerprint density at radius 2 is 1.86 bits per heavy atom. The van der Waals surface area contributed by atoms with Crippen molar-refractivity contribution in [2.45, 2.75) is 33.6 Å². The van der Waals surface area contributed by atoms with Crippen LogP contribution in [0, 0.1) is 10.8 Å². The van der Waals surface area contributed by atoms with Crippen molar-refractivity contribution < 1.29 is 19.4 Å². The van der Waals surface area contributed by atoms with E-state index in [2.05, 4.69) is 6.58 Å². The zero-order chi connectivity index (χ0) is 22.1. The number of aliphatic carboxylic acids is 1. The quantitative estimate of drug-likeness (QED) is 0.256. The van der Waals surface area contributed by atoms with Crippen LogP contribution in [0.4, 0.5) is 0 Å². The number of carboxylic acids is 1. The molecule has 0 bridgehead atoms. The van der Waals surface area contributed by atoms with Gasteiger partial charge in [-0.25, -0.2) is 0 Å². The van der Waals surface area contributed by atoms with Crippen molar-refractivity contribution in [2.24, 2.45) is 10.8 Å². The maximum absolute atomic E-state index is 11.9. The van der Waals surface area contributed by atoms with Crippen molar-refractivity contribution in [3.63, 3.8) is 0 Å². The summed E-state index contributed by atoms with van der Waals surface area (Å²) in [7, 11) is 3.55. The van der Waals surface area contributed by atoms with Gasteiger partial charge in [0, 0.05) is 20.4 Å². The molecular weight excluding hydrogens is 366 g/mol. The lowest BCUT2D eigenvalue weighted by Gasteiger charge is -2.31. The standard InChI is InChI=1S/C24H33NO4/c1-7-20(9-8-14-25(5)18-29-6)21-12-10-19(11-13-21)15-24(17-26,22(27)28)16-23(2,3)4/h7-14,17H,1,15-16,18H2,2-6H3,(H,27,28)/b14-8-,20-9+. The van der Waals surface area contributed by atoms with Gasteiger partial charge in [-0.15, -0.1) is 0 Å². The molecule has 0 aliphatic rings. The van der Waals surface area contributed by atoms with Crippen LogP contribution in [0.15, 0.2) is 55.3 Å². The highest BCUT2D eigenvalue weighted by Gasteiger charge is 2.41. The van der Waals surface area contributed by atoms with E-state index in [0.29, 0.717) is 13.0 Å². The summed E-state index contributed by atoms with van der Waals surface area (Å²) >= 11 is 0. The Morgan fingerprint density at radius 3 is 2.31 bits per heavy atom. The van der Waals surface area contributed by atoms with Crippen molar-refractivity contribution in [1.29, 1.82) is 0 Å². The molecule has 29 heavy (non-hydrogen) atoms. The summed E-state index contributed by atoms with van der Waals surface area (Å²) in [6, 6.07) is 7.59. The molecule has 0 amide bonds. The van der Waals surface area contributed by atoms with Gasteiger partial charge in [0.05, 0.1) is 0 Å². The second-order valence-corrected chi connectivity index (χ2v) is 8.53. The first-order valence-electron chi connectivity index (χ1n) is 9.56. The maximum atomic E-state index is 11.9. The maximum Gasteiger partial charge on any atom is 0.317 e. The van der Waals surface area contributed by atoms with Gasteiger partial charge in [-0.3, -0.25) is 4.79 Å². The van der Waals surface area contributed by atoms with Crippen molar-refractivity contribution in [2.75, 3.05) is 20.9 Å². The molecule has 1 unspecified atom stereocenters. The second-order valence-electron chi connectivity index (χ2n) is 8.53. The Morgan fingerprint density at radius 1 is 1.24 bits per heavy atom. The van der Waals surface area contributed by atoms with E-state index in [0.717, 1.165) is 16.7 Å². The molecule has 5 heteroatoms. The van der Waals surface area contributed by atoms with Gasteiger partial charge in [0.1, 0.15) is 18.4 Å². The first kappa shape index (κ1) is 24.4. The first-order valence-corrected chi connectivity index (χ1v) is 9.56. The molecule has 0 aromatic heterocycles. The van der Waals surface area contributed by atoms with Crippen LogP contribution in [-0.4, -0.2) is 43.2 Å². The van der Waals surface area contributed by atoms with Crippen LogP contribution in [0.25, 0.3) is 5.57 Å². The third-order valence-corrected chi connectivity index (χ3v) is 4.47. The summed E-state index contributed by atoms with van der Waals surface area (Å²) < 4.78 is 5.05. The number of ether oxygens (including phenoxy) is 1. The Bertz CT molecular complexity index is 756. The predicted molar refractivity (Wildman–Crippen MR) is 117 cm³/mol. The summed E-state index contributed by atoms with van der Waals surface area (Å²) in [6.07, 6.45) is 8.55. The molecule has 158 valence electrons. The number of nitrogens with zero attached hydrogens (tertiary/aromatic N) is 1. The monoisotopic (exact) mass is 399 g/mol. The molecule has 0 fully saturated rings. The van der Waals surface area contributed by atoms with Crippen molar-refractivity contribution >= 4 is 17.8 Å². The van der Waals surface area contributed by atoms with Gasteiger partial charge in [-0.2, -0.15) is 0 Å². The number of benzene rings is 1. The third-order valence-electron chi connectivity index (χ3n) is 4.47. The van der Waals surface area contributed by atoms with E-state index >= 15 is 0 Å². The SMILES string of the molecule is C=C/C(=C\C=C/N(C)COC)c1ccc(CC(C=O)(CC(C)(C)C)C(=O)O)cc1. The molecule has 0 saturated carbocycles. The zero-order valence-electron chi connectivity index (χ0n) is 18.1. The summed E-state index contributed by atoms with van der Waals surface area (Å²) in [5, 5.41) is 9.74. The van der Waals surface area contributed by atoms with Gasteiger partial charge in [0.2, 0.25) is 0 Å². The van der Waals surface area contributed by atoms with Crippen LogP contribution in [-0.2, 0) is 20.7 Å². The van der Waals surface area contributed by atoms with Crippen LogP contribution in [0.1, 0.15) is 38.3 Å². The molecule has 0 spiro atoms. The topological polar surface area (TPSA) is 66.8 Å². The zero-order valence-corrected chi connectivity index (χ0v) is 18.1. The minimum Gasteiger partial charge on any atom is -0.480 e. The van der Waals surface area contributed by atoms with Crippen LogP contribution in [0.5, 0.6) is 0 Å². The lowest BCUT2D eigenvalue weighted by Crippen LogP contribution is -2.38. The number of hydrogen-bond donors (Lipinski definition) is 1. The molecule has 1 N–H and O–H groups in total. The highest BCUT2D eigenvalue weighted by Crippen LogP contribution is 2.35. The molecule has 0 heterocycles. The van der Waals surface area contributed by atoms with E-state index < -0.39 is 11.4 Å². The van der Waals surface area contributed by atoms with Gasteiger partial charge >= 0.3 is 5.97 Å². The Balaban J connectivity index is 3.05. The molecular formula is C24H33NO4. The number of carboxylic acid groups (broad SMARTS) is 1. The van der Waals surface area contributed by atoms with Crippen molar-refractivity contribution in [3.05, 3.63) is 66.4 Å². The predicted octanol–water partition coefficient (Wildman–Crippen LogP) is 4.55. The van der Waals surface area contributed by atoms with Gasteiger partial charge in [-0.05, 0) is 41.0 Å². The summed E-state index contributed by atoms with van der Waals surface area (Å²) in [6.45, 7) is 10.2. The molecule has 5 nitrogen and oxygen atoms in total. The largest absolute Gasteiger partial charge is 0.480 e. The van der Waals surface area contributed by atoms with Crippen LogP contribution in [0.2, 0.25) is 0 Å². The van der Waals surface area contributed by atoms with Gasteiger partial charge in [0.25, 0.3) is 0 Å². The number of carbonyl (C=O) groups is 2. The Kier molecular flexibility index (Phi) is 9.05.